The summed E-state index contributed by atoms with van der Waals surface area (Å²) in [6.45, 7) is 1.79. The van der Waals surface area contributed by atoms with Crippen LogP contribution in [-0.4, -0.2) is 17.5 Å². The molecule has 2 aromatic carbocycles. The average Bonchev–Trinajstić information content (AvgIpc) is 2.71. The maximum absolute atomic E-state index is 13.0. The Morgan fingerprint density at radius 3 is 2.30 bits per heavy atom. The van der Waals surface area contributed by atoms with Crippen LogP contribution in [0.3, 0.4) is 0 Å². The molecule has 6 rings (SSSR count). The maximum atomic E-state index is 13.0. The molecule has 2 N–H and O–H groups in total. The molecular weight excluding hydrogens is 374 g/mol. The van der Waals surface area contributed by atoms with Crippen LogP contribution in [0.15, 0.2) is 47.6 Å². The molecule has 156 valence electrons. The van der Waals surface area contributed by atoms with E-state index in [4.69, 9.17) is 0 Å². The van der Waals surface area contributed by atoms with E-state index in [-0.39, 0.29) is 23.7 Å². The zero-order valence-electron chi connectivity index (χ0n) is 17.5. The fraction of sp³-hybridized carbons (Fsp3) is 0.480. The topological polar surface area (TPSA) is 70.6 Å². The molecule has 4 bridgehead atoms. The molecule has 4 aliphatic carbocycles. The first-order chi connectivity index (χ1) is 14.5. The Hall–Kier alpha value is -2.69. The minimum Gasteiger partial charge on any atom is -0.325 e. The van der Waals surface area contributed by atoms with E-state index in [0.717, 1.165) is 53.5 Å². The molecule has 0 atom stereocenters. The van der Waals surface area contributed by atoms with Gasteiger partial charge in [-0.25, -0.2) is 5.43 Å². The smallest absolute Gasteiger partial charge is 0.246 e. The van der Waals surface area contributed by atoms with Gasteiger partial charge in [-0.05, 0) is 74.7 Å². The van der Waals surface area contributed by atoms with Gasteiger partial charge < -0.3 is 5.32 Å². The monoisotopic (exact) mass is 403 g/mol. The van der Waals surface area contributed by atoms with E-state index in [9.17, 15) is 9.59 Å². The number of carbonyl (C=O) groups is 2. The molecule has 0 aromatic heterocycles. The predicted molar refractivity (Wildman–Crippen MR) is 119 cm³/mol. The summed E-state index contributed by atoms with van der Waals surface area (Å²) in [7, 11) is 0. The van der Waals surface area contributed by atoms with Gasteiger partial charge >= 0.3 is 0 Å². The minimum atomic E-state index is -0.219. The number of nitrogens with one attached hydrogen (secondary N) is 2. The third kappa shape index (κ3) is 3.62. The highest BCUT2D eigenvalue weighted by Gasteiger charge is 2.54. The number of anilines is 1. The molecule has 0 radical (unpaired) electrons. The van der Waals surface area contributed by atoms with Gasteiger partial charge in [-0.15, -0.1) is 0 Å². The summed E-state index contributed by atoms with van der Waals surface area (Å²) in [5.41, 5.74) is 4.00. The van der Waals surface area contributed by atoms with Crippen LogP contribution in [0.2, 0.25) is 0 Å². The Bertz CT molecular complexity index is 985. The van der Waals surface area contributed by atoms with Crippen molar-refractivity contribution in [2.75, 3.05) is 5.32 Å². The minimum absolute atomic E-state index is 0.0652. The molecule has 4 aliphatic rings. The van der Waals surface area contributed by atoms with E-state index in [1.807, 2.05) is 42.5 Å². The lowest BCUT2D eigenvalue weighted by Crippen LogP contribution is -2.52. The van der Waals surface area contributed by atoms with Crippen LogP contribution in [0.1, 0.15) is 51.9 Å². The second-order valence-corrected chi connectivity index (χ2v) is 9.74. The highest BCUT2D eigenvalue weighted by Crippen LogP contribution is 2.60. The lowest BCUT2D eigenvalue weighted by atomic mass is 9.49. The van der Waals surface area contributed by atoms with Crippen LogP contribution in [0, 0.1) is 23.2 Å². The van der Waals surface area contributed by atoms with E-state index in [0.29, 0.717) is 5.71 Å². The van der Waals surface area contributed by atoms with Crippen LogP contribution in [0.4, 0.5) is 5.69 Å². The Labute approximate surface area is 177 Å². The van der Waals surface area contributed by atoms with Gasteiger partial charge in [0.2, 0.25) is 11.8 Å². The van der Waals surface area contributed by atoms with Crippen LogP contribution in [-0.2, 0) is 9.59 Å². The summed E-state index contributed by atoms with van der Waals surface area (Å²) in [4.78, 5) is 25.5. The van der Waals surface area contributed by atoms with E-state index < -0.39 is 0 Å². The fourth-order valence-corrected chi connectivity index (χ4v) is 6.45. The number of fused-ring (bicyclic) bond motifs is 1. The van der Waals surface area contributed by atoms with E-state index in [1.165, 1.54) is 19.3 Å². The number of nitrogens with zero attached hydrogens (tertiary/aromatic N) is 1. The van der Waals surface area contributed by atoms with Gasteiger partial charge in [-0.3, -0.25) is 9.59 Å². The first-order valence-corrected chi connectivity index (χ1v) is 11.1. The Morgan fingerprint density at radius 2 is 1.60 bits per heavy atom. The molecule has 0 saturated heterocycles. The van der Waals surface area contributed by atoms with Gasteiger partial charge in [0.05, 0.1) is 11.8 Å². The summed E-state index contributed by atoms with van der Waals surface area (Å²) in [6.07, 6.45) is 7.13. The second kappa shape index (κ2) is 7.53. The molecule has 4 fully saturated rings. The van der Waals surface area contributed by atoms with Crippen molar-refractivity contribution < 1.29 is 9.59 Å². The van der Waals surface area contributed by atoms with Crippen LogP contribution < -0.4 is 10.7 Å². The van der Waals surface area contributed by atoms with Crippen molar-refractivity contribution >= 4 is 34.0 Å². The summed E-state index contributed by atoms with van der Waals surface area (Å²) in [5, 5.41) is 9.36. The van der Waals surface area contributed by atoms with Crippen LogP contribution in [0.25, 0.3) is 10.8 Å². The Kier molecular flexibility index (Phi) is 4.84. The average molecular weight is 404 g/mol. The normalized spacial score (nSPS) is 29.8. The van der Waals surface area contributed by atoms with Crippen molar-refractivity contribution in [2.24, 2.45) is 28.3 Å². The predicted octanol–water partition coefficient (Wildman–Crippen LogP) is 4.88. The zero-order chi connectivity index (χ0) is 20.7. The SMILES string of the molecule is CC(CC(=O)Nc1cccc2ccccc12)=NNC(=O)C12CC3CC(CC(C3)C1)C2. The van der Waals surface area contributed by atoms with Crippen molar-refractivity contribution in [2.45, 2.75) is 51.9 Å². The molecule has 0 aliphatic heterocycles. The third-order valence-electron chi connectivity index (χ3n) is 7.35. The highest BCUT2D eigenvalue weighted by molar-refractivity contribution is 6.09. The quantitative estimate of drug-likeness (QED) is 0.552. The number of rotatable bonds is 5. The van der Waals surface area contributed by atoms with Gasteiger partial charge in [0, 0.05) is 16.8 Å². The molecule has 5 nitrogen and oxygen atoms in total. The Morgan fingerprint density at radius 1 is 0.967 bits per heavy atom. The summed E-state index contributed by atoms with van der Waals surface area (Å²) in [6, 6.07) is 13.8. The molecule has 2 aromatic rings. The van der Waals surface area contributed by atoms with Gasteiger partial charge in [0.15, 0.2) is 0 Å². The van der Waals surface area contributed by atoms with Gasteiger partial charge in [-0.1, -0.05) is 36.4 Å². The van der Waals surface area contributed by atoms with Crippen LogP contribution in [0.5, 0.6) is 0 Å². The molecule has 30 heavy (non-hydrogen) atoms. The fourth-order valence-electron chi connectivity index (χ4n) is 6.45. The number of hydrogen-bond acceptors (Lipinski definition) is 3. The highest BCUT2D eigenvalue weighted by atomic mass is 16.2. The lowest BCUT2D eigenvalue weighted by molar-refractivity contribution is -0.146. The zero-order valence-corrected chi connectivity index (χ0v) is 17.5. The molecule has 4 saturated carbocycles. The standard InChI is InChI=1S/C25H29N3O2/c1-16(9-23(29)26-22-8-4-6-20-5-2-3-7-21(20)22)27-28-24(30)25-13-17-10-18(14-25)12-19(11-17)15-25/h2-8,17-19H,9-15H2,1H3,(H,26,29)(H,28,30). The molecule has 0 spiro atoms. The van der Waals surface area contributed by atoms with Gasteiger partial charge in [-0.2, -0.15) is 5.10 Å². The first kappa shape index (κ1) is 19.3. The molecular formula is C25H29N3O2. The van der Waals surface area contributed by atoms with Crippen molar-refractivity contribution in [3.05, 3.63) is 42.5 Å². The van der Waals surface area contributed by atoms with Gasteiger partial charge in [0.25, 0.3) is 0 Å². The van der Waals surface area contributed by atoms with E-state index in [1.54, 1.807) is 6.92 Å². The van der Waals surface area contributed by atoms with Gasteiger partial charge in [0.1, 0.15) is 0 Å². The third-order valence-corrected chi connectivity index (χ3v) is 7.35. The molecule has 0 unspecified atom stereocenters. The largest absolute Gasteiger partial charge is 0.325 e. The number of amides is 2. The number of carbonyl (C=O) groups excluding carboxylic acids is 2. The van der Waals surface area contributed by atoms with E-state index >= 15 is 0 Å². The number of hydrazone groups is 1. The second-order valence-electron chi connectivity index (χ2n) is 9.74. The lowest BCUT2D eigenvalue weighted by Gasteiger charge is -2.55. The van der Waals surface area contributed by atoms with Crippen molar-refractivity contribution in [3.63, 3.8) is 0 Å². The summed E-state index contributed by atoms with van der Waals surface area (Å²) < 4.78 is 0. The number of hydrogen-bond donors (Lipinski definition) is 2. The molecule has 0 heterocycles. The van der Waals surface area contributed by atoms with Crippen molar-refractivity contribution in [3.8, 4) is 0 Å². The van der Waals surface area contributed by atoms with E-state index in [2.05, 4.69) is 15.8 Å². The summed E-state index contributed by atoms with van der Waals surface area (Å²) >= 11 is 0. The Balaban J connectivity index is 1.21. The van der Waals surface area contributed by atoms with Crippen molar-refractivity contribution in [1.29, 1.82) is 0 Å². The molecule has 5 heteroatoms. The first-order valence-electron chi connectivity index (χ1n) is 11.1. The maximum Gasteiger partial charge on any atom is 0.246 e. The number of benzene rings is 2. The van der Waals surface area contributed by atoms with Crippen LogP contribution >= 0.6 is 0 Å². The summed E-state index contributed by atoms with van der Waals surface area (Å²) in [5.74, 6) is 2.10. The van der Waals surface area contributed by atoms with Crippen molar-refractivity contribution in [1.82, 2.24) is 5.43 Å². The molecule has 2 amide bonds.